The third-order valence-electron chi connectivity index (χ3n) is 17.7. The fourth-order valence-corrected chi connectivity index (χ4v) is 14.2. The molecule has 3 aromatic heterocycles. The van der Waals surface area contributed by atoms with Crippen molar-refractivity contribution in [3.63, 3.8) is 0 Å². The van der Waals surface area contributed by atoms with E-state index in [1.54, 1.807) is 0 Å². The average molecular weight is 1240 g/mol. The molecule has 83 heavy (non-hydrogen) atoms. The minimum absolute atomic E-state index is 0. The zero-order valence-corrected chi connectivity index (χ0v) is 48.0. The molecule has 1 aliphatic heterocycles. The smallest absolute Gasteiger partial charge is 0.135 e. The molecule has 2 aliphatic carbocycles. The van der Waals surface area contributed by atoms with Crippen LogP contribution in [0.3, 0.4) is 0 Å². The van der Waals surface area contributed by atoms with Gasteiger partial charge in [-0.2, -0.15) is 12.1 Å². The Bertz CT molecular complexity index is 5090. The standard InChI is InChI=1S/C77H51N4O.Pt/c1-76(2,3)49-41-42-78-73(44-49)81-70-35-15-10-26-59(70)60-39-38-52(46-72(60)81)82-51-20-16-19-50(45-51)79-47-80-69-34-14-9-25-58(69)54-21-4-5-27-61(54)74-53(28-17-29-62(74)63-30-18-36-71(79)75(63)80)48-37-40-68-64(43-48)57-24-8-13-33-67(57)77(68)65-31-11-6-22-55(65)56-23-7-12-32-66(56)77;/h4-44,47H,1-3H3;/q-3;. The summed E-state index contributed by atoms with van der Waals surface area (Å²) < 4.78 is 11.4. The van der Waals surface area contributed by atoms with Gasteiger partial charge in [0.1, 0.15) is 5.82 Å². The van der Waals surface area contributed by atoms with Gasteiger partial charge in [0, 0.05) is 50.0 Å². The number of aromatic nitrogens is 3. The summed E-state index contributed by atoms with van der Waals surface area (Å²) in [6, 6.07) is 96.3. The number of para-hydroxylation sites is 3. The molecule has 0 radical (unpaired) electrons. The number of anilines is 2. The SMILES string of the molecule is CC(C)(C)c1ccnc(-n2c3[c-]c(Oc4[c-]c(N5[CH-]n6c7ccccc7c7ccccc7c7c(-c8ccc9c(c8)-c8ccccc8C98c9ccccc9-c9ccccc98)cccc7c7cccc5c76)ccc4)ccc3c3ccccc32)c1.[Pt]. The Morgan fingerprint density at radius 2 is 1.02 bits per heavy atom. The quantitative estimate of drug-likeness (QED) is 0.161. The molecule has 17 rings (SSSR count). The molecule has 0 saturated heterocycles. The number of benzene rings is 11. The van der Waals surface area contributed by atoms with E-state index in [1.165, 1.54) is 77.4 Å². The monoisotopic (exact) mass is 1240 g/mol. The van der Waals surface area contributed by atoms with Crippen molar-refractivity contribution >= 4 is 76.5 Å². The molecule has 0 fully saturated rings. The third kappa shape index (κ3) is 7.11. The molecular weight excluding hydrogens is 1190 g/mol. The molecule has 6 heteroatoms. The average Bonchev–Trinajstić information content (AvgIpc) is 2.35. The number of hydrogen-bond acceptors (Lipinski definition) is 3. The fraction of sp³-hybridized carbons (Fsp3) is 0.0649. The first-order valence-corrected chi connectivity index (χ1v) is 28.3. The summed E-state index contributed by atoms with van der Waals surface area (Å²) in [5.41, 5.74) is 19.7. The van der Waals surface area contributed by atoms with E-state index in [9.17, 15) is 0 Å². The van der Waals surface area contributed by atoms with Crippen molar-refractivity contribution in [2.75, 3.05) is 4.90 Å². The van der Waals surface area contributed by atoms with Crippen molar-refractivity contribution in [1.82, 2.24) is 14.1 Å². The largest absolute Gasteiger partial charge is 0.509 e. The van der Waals surface area contributed by atoms with Crippen LogP contribution >= 0.6 is 0 Å². The van der Waals surface area contributed by atoms with Gasteiger partial charge in [0.25, 0.3) is 0 Å². The Morgan fingerprint density at radius 1 is 0.458 bits per heavy atom. The fourth-order valence-electron chi connectivity index (χ4n) is 14.2. The van der Waals surface area contributed by atoms with Gasteiger partial charge in [0.15, 0.2) is 0 Å². The Morgan fingerprint density at radius 3 is 1.77 bits per heavy atom. The van der Waals surface area contributed by atoms with Gasteiger partial charge in [0.05, 0.1) is 5.41 Å². The Hall–Kier alpha value is -9.67. The number of pyridine rings is 1. The first-order valence-electron chi connectivity index (χ1n) is 28.3. The van der Waals surface area contributed by atoms with E-state index in [0.717, 1.165) is 66.2 Å². The molecule has 11 aromatic carbocycles. The van der Waals surface area contributed by atoms with E-state index in [1.807, 2.05) is 18.3 Å². The maximum absolute atomic E-state index is 6.79. The van der Waals surface area contributed by atoms with Gasteiger partial charge < -0.3 is 18.8 Å². The first kappa shape index (κ1) is 49.2. The molecule has 0 atom stereocenters. The molecule has 1 spiro atoms. The summed E-state index contributed by atoms with van der Waals surface area (Å²) in [6.45, 7) is 8.93. The summed E-state index contributed by atoms with van der Waals surface area (Å²) in [4.78, 5) is 7.16. The van der Waals surface area contributed by atoms with Crippen LogP contribution in [0.25, 0.3) is 104 Å². The Kier molecular flexibility index (Phi) is 10.9. The second kappa shape index (κ2) is 18.4. The number of fused-ring (bicyclic) bond motifs is 20. The van der Waals surface area contributed by atoms with Crippen LogP contribution in [0.5, 0.6) is 11.5 Å². The first-order chi connectivity index (χ1) is 40.3. The van der Waals surface area contributed by atoms with Gasteiger partial charge in [-0.15, -0.1) is 35.7 Å². The normalized spacial score (nSPS) is 13.3. The van der Waals surface area contributed by atoms with E-state index in [2.05, 4.69) is 284 Å². The van der Waals surface area contributed by atoms with E-state index in [-0.39, 0.29) is 26.5 Å². The molecule has 0 unspecified atom stereocenters. The molecule has 0 N–H and O–H groups in total. The molecular formula is C77H51N4OPt-3. The van der Waals surface area contributed by atoms with Crippen molar-refractivity contribution in [3.8, 4) is 50.7 Å². The second-order valence-corrected chi connectivity index (χ2v) is 23.1. The molecule has 4 heterocycles. The molecule has 0 saturated carbocycles. The third-order valence-corrected chi connectivity index (χ3v) is 17.7. The minimum atomic E-state index is -0.413. The van der Waals surface area contributed by atoms with Crippen molar-refractivity contribution in [2.24, 2.45) is 0 Å². The molecule has 5 nitrogen and oxygen atoms in total. The predicted octanol–water partition coefficient (Wildman–Crippen LogP) is 19.5. The minimum Gasteiger partial charge on any atom is -0.509 e. The maximum atomic E-state index is 6.79. The summed E-state index contributed by atoms with van der Waals surface area (Å²) in [7, 11) is 0. The van der Waals surface area contributed by atoms with Gasteiger partial charge >= 0.3 is 0 Å². The summed E-state index contributed by atoms with van der Waals surface area (Å²) in [6.07, 6.45) is 1.91. The zero-order valence-electron chi connectivity index (χ0n) is 45.8. The molecule has 3 aliphatic rings. The molecule has 0 bridgehead atoms. The summed E-state index contributed by atoms with van der Waals surface area (Å²) in [5.74, 6) is 2.03. The van der Waals surface area contributed by atoms with Gasteiger partial charge in [-0.05, 0) is 147 Å². The van der Waals surface area contributed by atoms with Crippen LogP contribution in [0, 0.1) is 18.8 Å². The maximum Gasteiger partial charge on any atom is 0.135 e. The summed E-state index contributed by atoms with van der Waals surface area (Å²) in [5, 5.41) is 9.23. The van der Waals surface area contributed by atoms with E-state index < -0.39 is 5.41 Å². The zero-order chi connectivity index (χ0) is 54.4. The van der Waals surface area contributed by atoms with Gasteiger partial charge in [-0.3, -0.25) is 0 Å². The molecule has 14 aromatic rings. The second-order valence-electron chi connectivity index (χ2n) is 23.1. The van der Waals surface area contributed by atoms with Crippen LogP contribution in [0.1, 0.15) is 48.6 Å². The van der Waals surface area contributed by atoms with Crippen molar-refractivity contribution in [1.29, 1.82) is 0 Å². The Balaban J connectivity index is 0.00000565. The van der Waals surface area contributed by atoms with Gasteiger partial charge in [-0.1, -0.05) is 219 Å². The van der Waals surface area contributed by atoms with Crippen LogP contribution in [-0.4, -0.2) is 14.1 Å². The number of ether oxygens (including phenoxy) is 1. The summed E-state index contributed by atoms with van der Waals surface area (Å²) >= 11 is 0. The van der Waals surface area contributed by atoms with Crippen LogP contribution in [0.4, 0.5) is 11.4 Å². The predicted molar refractivity (Wildman–Crippen MR) is 337 cm³/mol. The van der Waals surface area contributed by atoms with E-state index in [4.69, 9.17) is 9.72 Å². The van der Waals surface area contributed by atoms with Crippen LogP contribution < -0.4 is 9.64 Å². The van der Waals surface area contributed by atoms with E-state index in [0.29, 0.717) is 11.5 Å². The number of rotatable bonds is 5. The van der Waals surface area contributed by atoms with Crippen molar-refractivity contribution < 1.29 is 25.8 Å². The van der Waals surface area contributed by atoms with Crippen LogP contribution in [0.15, 0.2) is 249 Å². The van der Waals surface area contributed by atoms with Crippen LogP contribution in [0.2, 0.25) is 0 Å². The van der Waals surface area contributed by atoms with Gasteiger partial charge in [-0.25, -0.2) is 4.98 Å². The topological polar surface area (TPSA) is 35.2 Å². The Labute approximate surface area is 495 Å². The number of hydrogen-bond donors (Lipinski definition) is 0. The number of nitrogens with zero attached hydrogens (tertiary/aromatic N) is 4. The van der Waals surface area contributed by atoms with Crippen molar-refractivity contribution in [3.05, 3.63) is 295 Å². The van der Waals surface area contributed by atoms with Crippen molar-refractivity contribution in [2.45, 2.75) is 31.6 Å². The molecule has 398 valence electrons. The molecule has 0 amide bonds. The van der Waals surface area contributed by atoms with Gasteiger partial charge in [0.2, 0.25) is 0 Å². The van der Waals surface area contributed by atoms with Crippen LogP contribution in [-0.2, 0) is 31.9 Å². The van der Waals surface area contributed by atoms with E-state index >= 15 is 0 Å².